The van der Waals surface area contributed by atoms with Gasteiger partial charge in [0.15, 0.2) is 9.84 Å². The van der Waals surface area contributed by atoms with Crippen LogP contribution in [0.3, 0.4) is 0 Å². The Bertz CT molecular complexity index is 1200. The number of amides is 1. The average Bonchev–Trinajstić information content (AvgIpc) is 3.19. The van der Waals surface area contributed by atoms with Crippen LogP contribution >= 0.6 is 11.3 Å². The van der Waals surface area contributed by atoms with Crippen LogP contribution in [-0.4, -0.2) is 32.1 Å². The van der Waals surface area contributed by atoms with Crippen molar-refractivity contribution in [3.05, 3.63) is 69.7 Å². The number of rotatable bonds is 6. The summed E-state index contributed by atoms with van der Waals surface area (Å²) in [4.78, 5) is 19.6. The van der Waals surface area contributed by atoms with Crippen molar-refractivity contribution < 1.29 is 17.9 Å². The van der Waals surface area contributed by atoms with E-state index < -0.39 is 9.84 Å². The first-order valence-electron chi connectivity index (χ1n) is 10.1. The average molecular weight is 457 g/mol. The summed E-state index contributed by atoms with van der Waals surface area (Å²) in [6, 6.07) is 12.8. The van der Waals surface area contributed by atoms with Gasteiger partial charge in [0.2, 0.25) is 5.91 Å². The smallest absolute Gasteiger partial charge is 0.233 e. The Labute approximate surface area is 186 Å². The standard InChI is InChI=1S/C23H24N2O4S2/c1-16-5-7-19(8-6-16)29-14-22-24-18(15-30-22)13-23(26)25-11-3-4-17-12-20(31(2,27)28)9-10-21(17)25/h5-10,12,15H,3-4,11,13-14H2,1-2H3. The molecule has 4 rings (SSSR count). The van der Waals surface area contributed by atoms with Crippen molar-refractivity contribution in [2.45, 2.75) is 37.7 Å². The van der Waals surface area contributed by atoms with E-state index in [2.05, 4.69) is 4.98 Å². The van der Waals surface area contributed by atoms with Gasteiger partial charge in [-0.15, -0.1) is 11.3 Å². The van der Waals surface area contributed by atoms with E-state index in [4.69, 9.17) is 4.74 Å². The summed E-state index contributed by atoms with van der Waals surface area (Å²) in [5.41, 5.74) is 3.58. The molecule has 1 amide bonds. The van der Waals surface area contributed by atoms with Gasteiger partial charge in [-0.05, 0) is 55.7 Å². The second-order valence-electron chi connectivity index (χ2n) is 7.72. The van der Waals surface area contributed by atoms with Crippen LogP contribution in [0.5, 0.6) is 5.75 Å². The van der Waals surface area contributed by atoms with E-state index in [0.29, 0.717) is 18.0 Å². The van der Waals surface area contributed by atoms with Crippen molar-refractivity contribution in [1.82, 2.24) is 4.98 Å². The summed E-state index contributed by atoms with van der Waals surface area (Å²) < 4.78 is 29.4. The fourth-order valence-corrected chi connectivity index (χ4v) is 4.97. The number of carbonyl (C=O) groups is 1. The molecule has 6 nitrogen and oxygen atoms in total. The summed E-state index contributed by atoms with van der Waals surface area (Å²) >= 11 is 1.48. The molecule has 3 aromatic rings. The number of sulfone groups is 1. The molecule has 0 N–H and O–H groups in total. The third kappa shape index (κ3) is 5.14. The quantitative estimate of drug-likeness (QED) is 0.561. The highest BCUT2D eigenvalue weighted by Gasteiger charge is 2.24. The van der Waals surface area contributed by atoms with E-state index in [0.717, 1.165) is 40.5 Å². The summed E-state index contributed by atoms with van der Waals surface area (Å²) in [5.74, 6) is 0.751. The minimum atomic E-state index is -3.27. The summed E-state index contributed by atoms with van der Waals surface area (Å²) in [6.45, 7) is 3.01. The van der Waals surface area contributed by atoms with Crippen molar-refractivity contribution in [2.75, 3.05) is 17.7 Å². The van der Waals surface area contributed by atoms with Gasteiger partial charge in [0.05, 0.1) is 17.0 Å². The lowest BCUT2D eigenvalue weighted by Crippen LogP contribution is -2.36. The molecule has 0 spiro atoms. The second kappa shape index (κ2) is 8.80. The van der Waals surface area contributed by atoms with Crippen molar-refractivity contribution >= 4 is 32.8 Å². The van der Waals surface area contributed by atoms with E-state index >= 15 is 0 Å². The van der Waals surface area contributed by atoms with Crippen LogP contribution in [0.4, 0.5) is 5.69 Å². The van der Waals surface area contributed by atoms with Crippen LogP contribution in [0.2, 0.25) is 0 Å². The number of hydrogen-bond acceptors (Lipinski definition) is 6. The molecule has 162 valence electrons. The number of ether oxygens (including phenoxy) is 1. The van der Waals surface area contributed by atoms with E-state index in [-0.39, 0.29) is 12.3 Å². The van der Waals surface area contributed by atoms with Gasteiger partial charge in [0.25, 0.3) is 0 Å². The molecule has 0 aliphatic carbocycles. The number of nitrogens with zero attached hydrogens (tertiary/aromatic N) is 2. The van der Waals surface area contributed by atoms with Gasteiger partial charge < -0.3 is 9.64 Å². The minimum absolute atomic E-state index is 0.0376. The van der Waals surface area contributed by atoms with Crippen LogP contribution in [0, 0.1) is 6.92 Å². The molecule has 0 radical (unpaired) electrons. The number of thiazole rings is 1. The molecule has 31 heavy (non-hydrogen) atoms. The molecule has 1 aliphatic heterocycles. The molecular formula is C23H24N2O4S2. The molecular weight excluding hydrogens is 432 g/mol. The number of aryl methyl sites for hydroxylation is 2. The second-order valence-corrected chi connectivity index (χ2v) is 10.7. The highest BCUT2D eigenvalue weighted by molar-refractivity contribution is 7.90. The Hall–Kier alpha value is -2.71. The van der Waals surface area contributed by atoms with E-state index in [1.54, 1.807) is 23.1 Å². The van der Waals surface area contributed by atoms with Gasteiger partial charge in [0.1, 0.15) is 17.4 Å². The third-order valence-electron chi connectivity index (χ3n) is 5.21. The maximum absolute atomic E-state index is 13.0. The van der Waals surface area contributed by atoms with Crippen molar-refractivity contribution in [3.63, 3.8) is 0 Å². The molecule has 0 atom stereocenters. The first-order chi connectivity index (χ1) is 14.8. The monoisotopic (exact) mass is 456 g/mol. The summed E-state index contributed by atoms with van der Waals surface area (Å²) in [5, 5.41) is 2.71. The molecule has 1 aromatic heterocycles. The van der Waals surface area contributed by atoms with Gasteiger partial charge in [-0.25, -0.2) is 13.4 Å². The first-order valence-corrected chi connectivity index (χ1v) is 12.8. The van der Waals surface area contributed by atoms with E-state index in [9.17, 15) is 13.2 Å². The number of carbonyl (C=O) groups excluding carboxylic acids is 1. The van der Waals surface area contributed by atoms with E-state index in [1.807, 2.05) is 36.6 Å². The number of anilines is 1. The predicted octanol–water partition coefficient (Wildman–Crippen LogP) is 3.96. The molecule has 0 saturated carbocycles. The minimum Gasteiger partial charge on any atom is -0.486 e. The lowest BCUT2D eigenvalue weighted by molar-refractivity contribution is -0.118. The Kier molecular flexibility index (Phi) is 6.11. The molecule has 1 aliphatic rings. The third-order valence-corrected chi connectivity index (χ3v) is 7.20. The Morgan fingerprint density at radius 3 is 2.71 bits per heavy atom. The van der Waals surface area contributed by atoms with Gasteiger partial charge in [-0.2, -0.15) is 0 Å². The van der Waals surface area contributed by atoms with Gasteiger partial charge in [-0.1, -0.05) is 17.7 Å². The van der Waals surface area contributed by atoms with Gasteiger partial charge in [-0.3, -0.25) is 4.79 Å². The van der Waals surface area contributed by atoms with Crippen molar-refractivity contribution in [2.24, 2.45) is 0 Å². The summed E-state index contributed by atoms with van der Waals surface area (Å²) in [7, 11) is -3.27. The largest absolute Gasteiger partial charge is 0.486 e. The normalized spacial score (nSPS) is 13.7. The molecule has 0 bridgehead atoms. The number of hydrogen-bond donors (Lipinski definition) is 0. The fourth-order valence-electron chi connectivity index (χ4n) is 3.59. The van der Waals surface area contributed by atoms with Gasteiger partial charge in [0, 0.05) is 23.9 Å². The Morgan fingerprint density at radius 2 is 1.97 bits per heavy atom. The molecule has 2 heterocycles. The molecule has 2 aromatic carbocycles. The highest BCUT2D eigenvalue weighted by atomic mass is 32.2. The lowest BCUT2D eigenvalue weighted by Gasteiger charge is -2.29. The fraction of sp³-hybridized carbons (Fsp3) is 0.304. The van der Waals surface area contributed by atoms with Crippen LogP contribution < -0.4 is 9.64 Å². The number of aromatic nitrogens is 1. The molecule has 8 heteroatoms. The van der Waals surface area contributed by atoms with Crippen molar-refractivity contribution in [3.8, 4) is 5.75 Å². The Morgan fingerprint density at radius 1 is 1.19 bits per heavy atom. The van der Waals surface area contributed by atoms with E-state index in [1.165, 1.54) is 23.2 Å². The topological polar surface area (TPSA) is 76.6 Å². The maximum Gasteiger partial charge on any atom is 0.233 e. The van der Waals surface area contributed by atoms with Crippen LogP contribution in [0.15, 0.2) is 52.7 Å². The summed E-state index contributed by atoms with van der Waals surface area (Å²) in [6.07, 6.45) is 2.97. The highest BCUT2D eigenvalue weighted by Crippen LogP contribution is 2.30. The molecule has 0 unspecified atom stereocenters. The van der Waals surface area contributed by atoms with Gasteiger partial charge >= 0.3 is 0 Å². The number of fused-ring (bicyclic) bond motifs is 1. The molecule has 0 saturated heterocycles. The van der Waals surface area contributed by atoms with Crippen LogP contribution in [0.25, 0.3) is 0 Å². The molecule has 0 fully saturated rings. The Balaban J connectivity index is 1.42. The van der Waals surface area contributed by atoms with Crippen molar-refractivity contribution in [1.29, 1.82) is 0 Å². The predicted molar refractivity (Wildman–Crippen MR) is 122 cm³/mol. The zero-order chi connectivity index (χ0) is 22.0. The zero-order valence-electron chi connectivity index (χ0n) is 17.5. The SMILES string of the molecule is Cc1ccc(OCc2nc(CC(=O)N3CCCc4cc(S(C)(=O)=O)ccc43)cs2)cc1. The zero-order valence-corrected chi connectivity index (χ0v) is 19.1. The van der Waals surface area contributed by atoms with Crippen LogP contribution in [0.1, 0.15) is 28.2 Å². The maximum atomic E-state index is 13.0. The number of benzene rings is 2. The van der Waals surface area contributed by atoms with Crippen LogP contribution in [-0.2, 0) is 34.1 Å². The lowest BCUT2D eigenvalue weighted by atomic mass is 10.0. The first kappa shape index (κ1) is 21.5.